The molecule has 154 valence electrons. The monoisotopic (exact) mass is 432 g/mol. The van der Waals surface area contributed by atoms with Gasteiger partial charge in [-0.25, -0.2) is 9.67 Å². The average Bonchev–Trinajstić information content (AvgIpc) is 3.49. The van der Waals surface area contributed by atoms with Crippen LogP contribution in [0.1, 0.15) is 17.1 Å². The van der Waals surface area contributed by atoms with Gasteiger partial charge in [0.1, 0.15) is 11.5 Å². The lowest BCUT2D eigenvalue weighted by atomic mass is 10.2. The summed E-state index contributed by atoms with van der Waals surface area (Å²) in [5, 5.41) is 13.1. The van der Waals surface area contributed by atoms with Gasteiger partial charge in [-0.15, -0.1) is 5.10 Å². The molecule has 0 fully saturated rings. The second kappa shape index (κ2) is 7.81. The van der Waals surface area contributed by atoms with Gasteiger partial charge in [0, 0.05) is 11.1 Å². The zero-order chi connectivity index (χ0) is 21.4. The number of halogens is 1. The van der Waals surface area contributed by atoms with E-state index in [1.807, 2.05) is 62.4 Å². The number of aryl methyl sites for hydroxylation is 1. The van der Waals surface area contributed by atoms with E-state index in [0.717, 1.165) is 22.7 Å². The fourth-order valence-electron chi connectivity index (χ4n) is 3.20. The first-order chi connectivity index (χ1) is 15.1. The predicted molar refractivity (Wildman–Crippen MR) is 114 cm³/mol. The standard InChI is InChI=1S/C22H17ClN6O2/c1-13-19(22-25-20(27-31-22)16-10-6-7-11-17(16)23)26-28-29(13)12-18-14(2)30-21(24-18)15-8-4-3-5-9-15/h3-11H,12H2,1-2H3. The van der Waals surface area contributed by atoms with Crippen LogP contribution in [0, 0.1) is 13.8 Å². The van der Waals surface area contributed by atoms with Gasteiger partial charge in [-0.2, -0.15) is 4.98 Å². The van der Waals surface area contributed by atoms with Crippen LogP contribution >= 0.6 is 11.6 Å². The number of hydrogen-bond donors (Lipinski definition) is 0. The minimum atomic E-state index is 0.278. The molecule has 5 rings (SSSR count). The van der Waals surface area contributed by atoms with E-state index in [-0.39, 0.29) is 5.89 Å². The van der Waals surface area contributed by atoms with Crippen LogP contribution in [0.15, 0.2) is 63.5 Å². The van der Waals surface area contributed by atoms with Crippen LogP contribution < -0.4 is 0 Å². The lowest BCUT2D eigenvalue weighted by molar-refractivity contribution is 0.430. The van der Waals surface area contributed by atoms with E-state index in [1.165, 1.54) is 0 Å². The molecule has 0 atom stereocenters. The molecule has 8 nitrogen and oxygen atoms in total. The molecule has 9 heteroatoms. The molecule has 0 spiro atoms. The summed E-state index contributed by atoms with van der Waals surface area (Å²) < 4.78 is 13.0. The summed E-state index contributed by atoms with van der Waals surface area (Å²) in [5.41, 5.74) is 3.68. The first-order valence-electron chi connectivity index (χ1n) is 9.61. The van der Waals surface area contributed by atoms with Gasteiger partial charge in [-0.05, 0) is 38.1 Å². The highest BCUT2D eigenvalue weighted by Crippen LogP contribution is 2.28. The Morgan fingerprint density at radius 3 is 2.52 bits per heavy atom. The lowest BCUT2D eigenvalue weighted by Gasteiger charge is -2.00. The van der Waals surface area contributed by atoms with Crippen LogP contribution in [-0.4, -0.2) is 30.1 Å². The second-order valence-electron chi connectivity index (χ2n) is 6.97. The molecular weight excluding hydrogens is 416 g/mol. The minimum Gasteiger partial charge on any atom is -0.441 e. The Morgan fingerprint density at radius 2 is 1.71 bits per heavy atom. The first-order valence-corrected chi connectivity index (χ1v) is 9.98. The second-order valence-corrected chi connectivity index (χ2v) is 7.38. The van der Waals surface area contributed by atoms with E-state index >= 15 is 0 Å². The fourth-order valence-corrected chi connectivity index (χ4v) is 3.42. The van der Waals surface area contributed by atoms with Crippen molar-refractivity contribution in [2.75, 3.05) is 0 Å². The fraction of sp³-hybridized carbons (Fsp3) is 0.136. The molecule has 5 aromatic rings. The molecule has 0 unspecified atom stereocenters. The number of benzene rings is 2. The third-order valence-electron chi connectivity index (χ3n) is 4.94. The Kier molecular flexibility index (Phi) is 4.83. The molecule has 0 saturated carbocycles. The largest absolute Gasteiger partial charge is 0.441 e. The smallest absolute Gasteiger partial charge is 0.280 e. The van der Waals surface area contributed by atoms with Gasteiger partial charge >= 0.3 is 0 Å². The van der Waals surface area contributed by atoms with E-state index in [2.05, 4.69) is 25.4 Å². The zero-order valence-corrected chi connectivity index (χ0v) is 17.5. The molecule has 0 bridgehead atoms. The molecule has 0 amide bonds. The van der Waals surface area contributed by atoms with Crippen LogP contribution in [0.4, 0.5) is 0 Å². The lowest BCUT2D eigenvalue weighted by Crippen LogP contribution is -2.05. The van der Waals surface area contributed by atoms with Crippen LogP contribution in [0.2, 0.25) is 5.02 Å². The van der Waals surface area contributed by atoms with Gasteiger partial charge in [-0.3, -0.25) is 0 Å². The highest BCUT2D eigenvalue weighted by Gasteiger charge is 2.20. The van der Waals surface area contributed by atoms with Crippen molar-refractivity contribution in [2.24, 2.45) is 0 Å². The van der Waals surface area contributed by atoms with E-state index in [9.17, 15) is 0 Å². The predicted octanol–water partition coefficient (Wildman–Crippen LogP) is 4.97. The maximum absolute atomic E-state index is 6.23. The molecular formula is C22H17ClN6O2. The molecule has 0 aliphatic heterocycles. The van der Waals surface area contributed by atoms with Crippen molar-refractivity contribution in [3.05, 3.63) is 76.8 Å². The van der Waals surface area contributed by atoms with Crippen molar-refractivity contribution in [3.63, 3.8) is 0 Å². The van der Waals surface area contributed by atoms with Gasteiger partial charge in [0.2, 0.25) is 11.7 Å². The summed E-state index contributed by atoms with van der Waals surface area (Å²) in [5.74, 6) is 1.98. The third-order valence-corrected chi connectivity index (χ3v) is 5.27. The molecule has 0 aliphatic rings. The van der Waals surface area contributed by atoms with E-state index in [4.69, 9.17) is 20.5 Å². The Bertz CT molecular complexity index is 1360. The number of oxazole rings is 1. The van der Waals surface area contributed by atoms with Gasteiger partial charge in [0.15, 0.2) is 5.69 Å². The van der Waals surface area contributed by atoms with E-state index in [1.54, 1.807) is 10.7 Å². The van der Waals surface area contributed by atoms with E-state index < -0.39 is 0 Å². The van der Waals surface area contributed by atoms with Crippen LogP contribution in [-0.2, 0) is 6.54 Å². The normalized spacial score (nSPS) is 11.2. The summed E-state index contributed by atoms with van der Waals surface area (Å²) in [4.78, 5) is 9.07. The van der Waals surface area contributed by atoms with Crippen molar-refractivity contribution < 1.29 is 8.94 Å². The minimum absolute atomic E-state index is 0.278. The summed E-state index contributed by atoms with van der Waals surface area (Å²) in [6, 6.07) is 17.1. The number of nitrogens with zero attached hydrogens (tertiary/aromatic N) is 6. The Balaban J connectivity index is 1.42. The molecule has 0 N–H and O–H groups in total. The maximum Gasteiger partial charge on any atom is 0.280 e. The van der Waals surface area contributed by atoms with Gasteiger partial charge in [0.25, 0.3) is 5.89 Å². The molecule has 0 aliphatic carbocycles. The third kappa shape index (κ3) is 3.62. The highest BCUT2D eigenvalue weighted by atomic mass is 35.5. The highest BCUT2D eigenvalue weighted by molar-refractivity contribution is 6.33. The van der Waals surface area contributed by atoms with Crippen molar-refractivity contribution in [1.29, 1.82) is 0 Å². The number of rotatable bonds is 5. The van der Waals surface area contributed by atoms with Crippen molar-refractivity contribution >= 4 is 11.6 Å². The van der Waals surface area contributed by atoms with Gasteiger partial charge < -0.3 is 8.94 Å². The van der Waals surface area contributed by atoms with Gasteiger partial charge in [-0.1, -0.05) is 52.3 Å². The first kappa shape index (κ1) is 19.2. The van der Waals surface area contributed by atoms with Crippen molar-refractivity contribution in [1.82, 2.24) is 30.1 Å². The average molecular weight is 433 g/mol. The van der Waals surface area contributed by atoms with Crippen LogP contribution in [0.5, 0.6) is 0 Å². The molecule has 31 heavy (non-hydrogen) atoms. The van der Waals surface area contributed by atoms with Gasteiger partial charge in [0.05, 0.1) is 17.3 Å². The van der Waals surface area contributed by atoms with Crippen molar-refractivity contribution in [3.8, 4) is 34.4 Å². The summed E-state index contributed by atoms with van der Waals surface area (Å²) in [7, 11) is 0. The SMILES string of the molecule is Cc1oc(-c2ccccc2)nc1Cn1nnc(-c2nc(-c3ccccc3Cl)no2)c1C. The zero-order valence-electron chi connectivity index (χ0n) is 16.8. The molecule has 3 aromatic heterocycles. The summed E-state index contributed by atoms with van der Waals surface area (Å²) in [6.07, 6.45) is 0. The summed E-state index contributed by atoms with van der Waals surface area (Å²) in [6.45, 7) is 4.19. The Morgan fingerprint density at radius 1 is 0.935 bits per heavy atom. The van der Waals surface area contributed by atoms with Crippen LogP contribution in [0.3, 0.4) is 0 Å². The van der Waals surface area contributed by atoms with E-state index in [0.29, 0.717) is 34.5 Å². The topological polar surface area (TPSA) is 95.7 Å². The maximum atomic E-state index is 6.23. The molecule has 2 aromatic carbocycles. The number of aromatic nitrogens is 6. The molecule has 0 saturated heterocycles. The van der Waals surface area contributed by atoms with Crippen LogP contribution in [0.25, 0.3) is 34.4 Å². The number of hydrogen-bond acceptors (Lipinski definition) is 7. The molecule has 0 radical (unpaired) electrons. The van der Waals surface area contributed by atoms with Crippen molar-refractivity contribution in [2.45, 2.75) is 20.4 Å². The molecule has 3 heterocycles. The summed E-state index contributed by atoms with van der Waals surface area (Å²) >= 11 is 6.23. The quantitative estimate of drug-likeness (QED) is 0.387. The Hall–Kier alpha value is -3.78. The Labute approximate surface area is 182 Å².